The van der Waals surface area contributed by atoms with Crippen LogP contribution >= 0.6 is 15.9 Å². The highest BCUT2D eigenvalue weighted by Gasteiger charge is 2.10. The molecule has 1 fully saturated rings. The normalized spacial score (nSPS) is 18.2. The van der Waals surface area contributed by atoms with Crippen LogP contribution in [-0.2, 0) is 6.54 Å². The molecule has 3 nitrogen and oxygen atoms in total. The van der Waals surface area contributed by atoms with Gasteiger partial charge in [0.05, 0.1) is 17.2 Å². The second-order valence-corrected chi connectivity index (χ2v) is 4.39. The van der Waals surface area contributed by atoms with Gasteiger partial charge in [-0.2, -0.15) is 5.10 Å². The molecule has 0 bridgehead atoms. The van der Waals surface area contributed by atoms with Crippen molar-refractivity contribution in [3.05, 3.63) is 16.9 Å². The van der Waals surface area contributed by atoms with E-state index in [2.05, 4.69) is 25.9 Å². The van der Waals surface area contributed by atoms with E-state index in [1.54, 1.807) is 0 Å². The lowest BCUT2D eigenvalue weighted by molar-refractivity contribution is 0.316. The van der Waals surface area contributed by atoms with Crippen molar-refractivity contribution in [3.63, 3.8) is 0 Å². The molecule has 1 aliphatic heterocycles. The number of hydrogen-bond acceptors (Lipinski definition) is 2. The molecule has 0 aliphatic carbocycles. The van der Waals surface area contributed by atoms with Crippen molar-refractivity contribution in [2.24, 2.45) is 0 Å². The summed E-state index contributed by atoms with van der Waals surface area (Å²) in [5, 5.41) is 4.22. The van der Waals surface area contributed by atoms with Crippen molar-refractivity contribution in [1.82, 2.24) is 14.7 Å². The molecule has 13 heavy (non-hydrogen) atoms. The van der Waals surface area contributed by atoms with Crippen LogP contribution in [0.3, 0.4) is 0 Å². The zero-order valence-corrected chi connectivity index (χ0v) is 9.20. The van der Waals surface area contributed by atoms with Gasteiger partial charge in [0, 0.05) is 12.7 Å². The van der Waals surface area contributed by atoms with Gasteiger partial charge in [-0.1, -0.05) is 0 Å². The third-order valence-electron chi connectivity index (χ3n) is 2.45. The lowest BCUT2D eigenvalue weighted by atomic mass is 10.4. The Kier molecular flexibility index (Phi) is 3.01. The van der Waals surface area contributed by atoms with Crippen LogP contribution in [0.25, 0.3) is 0 Å². The highest BCUT2D eigenvalue weighted by molar-refractivity contribution is 9.10. The van der Waals surface area contributed by atoms with Gasteiger partial charge in [0.15, 0.2) is 0 Å². The lowest BCUT2D eigenvalue weighted by Crippen LogP contribution is -2.24. The molecule has 0 atom stereocenters. The number of halogens is 1. The summed E-state index contributed by atoms with van der Waals surface area (Å²) in [4.78, 5) is 2.50. The first kappa shape index (κ1) is 9.21. The predicted octanol–water partition coefficient (Wildman–Crippen LogP) is 1.74. The molecule has 1 aliphatic rings. The largest absolute Gasteiger partial charge is 0.301 e. The summed E-state index contributed by atoms with van der Waals surface area (Å²) in [6.07, 6.45) is 6.59. The second-order valence-electron chi connectivity index (χ2n) is 3.47. The molecule has 0 radical (unpaired) electrons. The van der Waals surface area contributed by atoms with Gasteiger partial charge in [0.25, 0.3) is 0 Å². The maximum absolute atomic E-state index is 4.22. The van der Waals surface area contributed by atoms with Gasteiger partial charge >= 0.3 is 0 Å². The summed E-state index contributed by atoms with van der Waals surface area (Å²) in [5.41, 5.74) is 0. The fourth-order valence-electron chi connectivity index (χ4n) is 1.71. The summed E-state index contributed by atoms with van der Waals surface area (Å²) < 4.78 is 3.05. The smallest absolute Gasteiger partial charge is 0.0632 e. The highest BCUT2D eigenvalue weighted by atomic mass is 79.9. The van der Waals surface area contributed by atoms with E-state index < -0.39 is 0 Å². The zero-order chi connectivity index (χ0) is 9.10. The molecule has 0 amide bonds. The maximum Gasteiger partial charge on any atom is 0.0632 e. The number of likely N-dealkylation sites (tertiary alicyclic amines) is 1. The molecule has 4 heteroatoms. The molecular weight excluding hydrogens is 230 g/mol. The molecule has 1 aromatic heterocycles. The van der Waals surface area contributed by atoms with Gasteiger partial charge in [0.1, 0.15) is 0 Å². The topological polar surface area (TPSA) is 21.1 Å². The first-order valence-electron chi connectivity index (χ1n) is 4.75. The van der Waals surface area contributed by atoms with Crippen molar-refractivity contribution in [2.75, 3.05) is 19.6 Å². The van der Waals surface area contributed by atoms with Crippen LogP contribution < -0.4 is 0 Å². The van der Waals surface area contributed by atoms with Crippen molar-refractivity contribution in [3.8, 4) is 0 Å². The van der Waals surface area contributed by atoms with E-state index in [9.17, 15) is 0 Å². The molecular formula is C9H14BrN3. The summed E-state index contributed by atoms with van der Waals surface area (Å²) in [6, 6.07) is 0. The van der Waals surface area contributed by atoms with Crippen LogP contribution in [-0.4, -0.2) is 34.3 Å². The molecule has 0 saturated carbocycles. The molecule has 1 aromatic rings. The van der Waals surface area contributed by atoms with Crippen molar-refractivity contribution < 1.29 is 0 Å². The predicted molar refractivity (Wildman–Crippen MR) is 55.6 cm³/mol. The monoisotopic (exact) mass is 243 g/mol. The number of rotatable bonds is 3. The van der Waals surface area contributed by atoms with E-state index in [0.29, 0.717) is 0 Å². The first-order chi connectivity index (χ1) is 6.34. The van der Waals surface area contributed by atoms with Gasteiger partial charge in [-0.15, -0.1) is 0 Å². The first-order valence-corrected chi connectivity index (χ1v) is 5.54. The Morgan fingerprint density at radius 2 is 2.08 bits per heavy atom. The summed E-state index contributed by atoms with van der Waals surface area (Å²) in [5.74, 6) is 0. The maximum atomic E-state index is 4.22. The van der Waals surface area contributed by atoms with Crippen LogP contribution in [0.5, 0.6) is 0 Å². The van der Waals surface area contributed by atoms with Crippen molar-refractivity contribution in [1.29, 1.82) is 0 Å². The third kappa shape index (κ3) is 2.54. The average molecular weight is 244 g/mol. The quantitative estimate of drug-likeness (QED) is 0.807. The Balaban J connectivity index is 1.78. The second kappa shape index (κ2) is 4.24. The van der Waals surface area contributed by atoms with Crippen molar-refractivity contribution >= 4 is 15.9 Å². The SMILES string of the molecule is Brc1cnn(CCN2CCCC2)c1. The molecule has 2 heterocycles. The van der Waals surface area contributed by atoms with Gasteiger partial charge in [-0.05, 0) is 41.9 Å². The third-order valence-corrected chi connectivity index (χ3v) is 2.86. The molecule has 1 saturated heterocycles. The minimum absolute atomic E-state index is 1.01. The van der Waals surface area contributed by atoms with E-state index in [1.165, 1.54) is 25.9 Å². The van der Waals surface area contributed by atoms with Crippen LogP contribution in [0.2, 0.25) is 0 Å². The van der Waals surface area contributed by atoms with E-state index >= 15 is 0 Å². The Hall–Kier alpha value is -0.350. The van der Waals surface area contributed by atoms with E-state index in [-0.39, 0.29) is 0 Å². The fourth-order valence-corrected chi connectivity index (χ4v) is 2.04. The molecule has 0 spiro atoms. The van der Waals surface area contributed by atoms with E-state index in [0.717, 1.165) is 17.6 Å². The van der Waals surface area contributed by atoms with E-state index in [1.807, 2.05) is 17.1 Å². The van der Waals surface area contributed by atoms with Crippen LogP contribution in [0.15, 0.2) is 16.9 Å². The van der Waals surface area contributed by atoms with Gasteiger partial charge in [-0.3, -0.25) is 4.68 Å². The summed E-state index contributed by atoms with van der Waals surface area (Å²) in [6.45, 7) is 4.67. The average Bonchev–Trinajstić information content (AvgIpc) is 2.71. The Morgan fingerprint density at radius 3 is 2.69 bits per heavy atom. The Bertz CT molecular complexity index is 266. The van der Waals surface area contributed by atoms with Gasteiger partial charge in [0.2, 0.25) is 0 Å². The fraction of sp³-hybridized carbons (Fsp3) is 0.667. The highest BCUT2D eigenvalue weighted by Crippen LogP contribution is 2.08. The Labute approximate surface area is 86.8 Å². The zero-order valence-electron chi connectivity index (χ0n) is 7.62. The standard InChI is InChI=1S/C9H14BrN3/c10-9-7-11-13(8-9)6-5-12-3-1-2-4-12/h7-8H,1-6H2. The van der Waals surface area contributed by atoms with Gasteiger partial charge < -0.3 is 4.90 Å². The van der Waals surface area contributed by atoms with Crippen LogP contribution in [0, 0.1) is 0 Å². The molecule has 0 aromatic carbocycles. The number of nitrogens with zero attached hydrogens (tertiary/aromatic N) is 3. The molecule has 2 rings (SSSR count). The molecule has 72 valence electrons. The summed E-state index contributed by atoms with van der Waals surface area (Å²) >= 11 is 3.39. The summed E-state index contributed by atoms with van der Waals surface area (Å²) in [7, 11) is 0. The van der Waals surface area contributed by atoms with E-state index in [4.69, 9.17) is 0 Å². The number of hydrogen-bond donors (Lipinski definition) is 0. The minimum atomic E-state index is 1.01. The van der Waals surface area contributed by atoms with Crippen molar-refractivity contribution in [2.45, 2.75) is 19.4 Å². The van der Waals surface area contributed by atoms with Crippen LogP contribution in [0.4, 0.5) is 0 Å². The molecule has 0 unspecified atom stereocenters. The minimum Gasteiger partial charge on any atom is -0.301 e. The van der Waals surface area contributed by atoms with Crippen LogP contribution in [0.1, 0.15) is 12.8 Å². The lowest BCUT2D eigenvalue weighted by Gasteiger charge is -2.13. The molecule has 0 N–H and O–H groups in total. The number of aromatic nitrogens is 2. The Morgan fingerprint density at radius 1 is 1.31 bits per heavy atom. The van der Waals surface area contributed by atoms with Gasteiger partial charge in [-0.25, -0.2) is 0 Å².